The van der Waals surface area contributed by atoms with Crippen LogP contribution in [0.2, 0.25) is 0 Å². The number of carbonyl (C=O) groups is 1. The van der Waals surface area contributed by atoms with Gasteiger partial charge in [-0.25, -0.2) is 17.6 Å². The minimum atomic E-state index is -3.41. The van der Waals surface area contributed by atoms with E-state index in [0.717, 1.165) is 17.7 Å². The number of hydrogen-bond donors (Lipinski definition) is 1. The number of nitrogens with zero attached hydrogens (tertiary/aromatic N) is 2. The Labute approximate surface area is 219 Å². The summed E-state index contributed by atoms with van der Waals surface area (Å²) in [7, 11) is 0.493. The number of fused-ring (bicyclic) bond motifs is 1. The maximum absolute atomic E-state index is 14.7. The maximum atomic E-state index is 14.7. The van der Waals surface area contributed by atoms with E-state index in [1.807, 2.05) is 37.2 Å². The van der Waals surface area contributed by atoms with Gasteiger partial charge in [0.1, 0.15) is 11.9 Å². The summed E-state index contributed by atoms with van der Waals surface area (Å²) in [5.41, 5.74) is 3.13. The molecule has 1 N–H and O–H groups in total. The monoisotopic (exact) mass is 531 g/mol. The van der Waals surface area contributed by atoms with Crippen LogP contribution in [-0.4, -0.2) is 75.1 Å². The summed E-state index contributed by atoms with van der Waals surface area (Å²) in [5.74, 6) is -1.03. The Balaban J connectivity index is 1.50. The molecule has 0 unspecified atom stereocenters. The van der Waals surface area contributed by atoms with E-state index in [1.54, 1.807) is 11.0 Å². The Morgan fingerprint density at radius 3 is 2.54 bits per heavy atom. The van der Waals surface area contributed by atoms with Crippen LogP contribution < -0.4 is 5.32 Å². The second-order valence-electron chi connectivity index (χ2n) is 11.6. The average molecular weight is 532 g/mol. The molecule has 9 heteroatoms. The zero-order chi connectivity index (χ0) is 27.0. The first-order chi connectivity index (χ1) is 17.3. The summed E-state index contributed by atoms with van der Waals surface area (Å²) in [6.45, 7) is 8.04. The van der Waals surface area contributed by atoms with E-state index in [0.29, 0.717) is 24.2 Å². The second-order valence-corrected chi connectivity index (χ2v) is 13.7. The number of rotatable bonds is 8. The largest absolute Gasteiger partial charge is 0.444 e. The van der Waals surface area contributed by atoms with Crippen LogP contribution in [-0.2, 0) is 33.0 Å². The highest BCUT2D eigenvalue weighted by Gasteiger charge is 2.51. The lowest BCUT2D eigenvalue weighted by Crippen LogP contribution is -2.51. The molecule has 0 spiro atoms. The van der Waals surface area contributed by atoms with Gasteiger partial charge >= 0.3 is 6.09 Å². The minimum absolute atomic E-state index is 0.0456. The first-order valence-electron chi connectivity index (χ1n) is 12.8. The van der Waals surface area contributed by atoms with Crippen LogP contribution in [0.4, 0.5) is 14.9 Å². The quantitative estimate of drug-likeness (QED) is 0.553. The third-order valence-electron chi connectivity index (χ3n) is 7.16. The third kappa shape index (κ3) is 6.62. The molecule has 2 aromatic carbocycles. The van der Waals surface area contributed by atoms with Crippen LogP contribution in [0.25, 0.3) is 0 Å². The molecule has 0 bridgehead atoms. The number of hydrogen-bond acceptors (Lipinski definition) is 6. The lowest BCUT2D eigenvalue weighted by Gasteiger charge is -2.34. The van der Waals surface area contributed by atoms with Crippen LogP contribution in [0.15, 0.2) is 42.5 Å². The van der Waals surface area contributed by atoms with Gasteiger partial charge in [0, 0.05) is 25.6 Å². The van der Waals surface area contributed by atoms with Crippen molar-refractivity contribution < 1.29 is 22.3 Å². The SMILES string of the molecule is CN(C)CCNc1ccc(C[C@@H]2CS(=O)(=O)C[C@H]3[C@H]2OC(=O)N3Cc2cccc(C(C)(C)C)c2)cc1F. The van der Waals surface area contributed by atoms with Crippen molar-refractivity contribution in [3.8, 4) is 0 Å². The number of anilines is 1. The van der Waals surface area contributed by atoms with Crippen molar-refractivity contribution in [1.82, 2.24) is 9.80 Å². The fourth-order valence-electron chi connectivity index (χ4n) is 5.16. The standard InChI is InChI=1S/C28H38FN3O4S/c1-28(2,3)22-8-6-7-20(14-22)16-32-25-18-37(34,35)17-21(26(25)36-27(32)33)13-19-9-10-24(23(29)15-19)30-11-12-31(4)5/h6-10,14-15,21,25-26,30H,11-13,16-18H2,1-5H3/t21-,25+,26+/m1/s1. The normalized spacial score (nSPS) is 23.2. The van der Waals surface area contributed by atoms with Crippen LogP contribution in [0, 0.1) is 11.7 Å². The van der Waals surface area contributed by atoms with E-state index in [9.17, 15) is 17.6 Å². The molecule has 7 nitrogen and oxygen atoms in total. The fourth-order valence-corrected chi connectivity index (χ4v) is 7.14. The summed E-state index contributed by atoms with van der Waals surface area (Å²) in [4.78, 5) is 16.5. The highest BCUT2D eigenvalue weighted by Crippen LogP contribution is 2.35. The van der Waals surface area contributed by atoms with E-state index < -0.39 is 34.0 Å². The average Bonchev–Trinajstić information content (AvgIpc) is 3.09. The molecule has 2 aliphatic rings. The first-order valence-corrected chi connectivity index (χ1v) is 14.6. The number of likely N-dealkylation sites (N-methyl/N-ethyl adjacent to an activating group) is 1. The van der Waals surface area contributed by atoms with Gasteiger partial charge in [0.15, 0.2) is 9.84 Å². The predicted molar refractivity (Wildman–Crippen MR) is 144 cm³/mol. The molecule has 0 aliphatic carbocycles. The van der Waals surface area contributed by atoms with E-state index in [2.05, 4.69) is 38.2 Å². The van der Waals surface area contributed by atoms with Crippen LogP contribution in [0.5, 0.6) is 0 Å². The van der Waals surface area contributed by atoms with Crippen molar-refractivity contribution in [3.63, 3.8) is 0 Å². The van der Waals surface area contributed by atoms with Gasteiger partial charge in [0.25, 0.3) is 0 Å². The van der Waals surface area contributed by atoms with Crippen molar-refractivity contribution >= 4 is 21.6 Å². The van der Waals surface area contributed by atoms with Crippen molar-refractivity contribution in [2.45, 2.75) is 51.3 Å². The van der Waals surface area contributed by atoms with E-state index in [1.165, 1.54) is 6.07 Å². The number of halogens is 1. The van der Waals surface area contributed by atoms with Gasteiger partial charge in [-0.2, -0.15) is 0 Å². The molecule has 4 rings (SSSR count). The molecule has 0 saturated carbocycles. The molecular formula is C28H38FN3O4S. The number of amides is 1. The Morgan fingerprint density at radius 2 is 1.86 bits per heavy atom. The molecule has 2 saturated heterocycles. The van der Waals surface area contributed by atoms with E-state index >= 15 is 0 Å². The summed E-state index contributed by atoms with van der Waals surface area (Å²) in [5, 5.41) is 3.08. The number of nitrogens with one attached hydrogen (secondary N) is 1. The predicted octanol–water partition coefficient (Wildman–Crippen LogP) is 4.07. The Hall–Kier alpha value is -2.65. The van der Waals surface area contributed by atoms with Crippen molar-refractivity contribution in [1.29, 1.82) is 0 Å². The molecule has 37 heavy (non-hydrogen) atoms. The summed E-state index contributed by atoms with van der Waals surface area (Å²) >= 11 is 0. The Bertz CT molecular complexity index is 1240. The zero-order valence-electron chi connectivity index (χ0n) is 22.3. The van der Waals surface area contributed by atoms with Gasteiger partial charge in [-0.1, -0.05) is 51.1 Å². The highest BCUT2D eigenvalue weighted by atomic mass is 32.2. The van der Waals surface area contributed by atoms with Gasteiger partial charge in [0.2, 0.25) is 0 Å². The first kappa shape index (κ1) is 27.4. The summed E-state index contributed by atoms with van der Waals surface area (Å²) in [6, 6.07) is 12.4. The zero-order valence-corrected chi connectivity index (χ0v) is 23.1. The number of carbonyl (C=O) groups excluding carboxylic acids is 1. The molecule has 0 radical (unpaired) electrons. The van der Waals surface area contributed by atoms with Crippen LogP contribution >= 0.6 is 0 Å². The maximum Gasteiger partial charge on any atom is 0.410 e. The van der Waals surface area contributed by atoms with Crippen molar-refractivity contribution in [2.24, 2.45) is 5.92 Å². The lowest BCUT2D eigenvalue weighted by molar-refractivity contribution is 0.0970. The van der Waals surface area contributed by atoms with Crippen molar-refractivity contribution in [3.05, 3.63) is 65.0 Å². The third-order valence-corrected chi connectivity index (χ3v) is 8.95. The van der Waals surface area contributed by atoms with E-state index in [4.69, 9.17) is 4.74 Å². The molecule has 2 aromatic rings. The van der Waals surface area contributed by atoms with E-state index in [-0.39, 0.29) is 29.3 Å². The fraction of sp³-hybridized carbons (Fsp3) is 0.536. The van der Waals surface area contributed by atoms with Gasteiger partial charge in [0.05, 0.1) is 23.2 Å². The molecule has 2 heterocycles. The Morgan fingerprint density at radius 1 is 1.11 bits per heavy atom. The highest BCUT2D eigenvalue weighted by molar-refractivity contribution is 7.91. The molecule has 2 fully saturated rings. The lowest BCUT2D eigenvalue weighted by atomic mass is 9.86. The van der Waals surface area contributed by atoms with Gasteiger partial charge in [-0.05, 0) is 54.8 Å². The summed E-state index contributed by atoms with van der Waals surface area (Å²) < 4.78 is 46.3. The molecule has 202 valence electrons. The van der Waals surface area contributed by atoms with Gasteiger partial charge in [-0.3, -0.25) is 4.90 Å². The number of benzene rings is 2. The van der Waals surface area contributed by atoms with Gasteiger partial charge < -0.3 is 15.0 Å². The molecular weight excluding hydrogens is 493 g/mol. The molecule has 2 aliphatic heterocycles. The topological polar surface area (TPSA) is 79.0 Å². The van der Waals surface area contributed by atoms with Crippen molar-refractivity contribution in [2.75, 3.05) is 44.0 Å². The van der Waals surface area contributed by atoms with Crippen LogP contribution in [0.1, 0.15) is 37.5 Å². The molecule has 1 amide bonds. The van der Waals surface area contributed by atoms with Crippen LogP contribution in [0.3, 0.4) is 0 Å². The number of ether oxygens (including phenoxy) is 1. The Kier molecular flexibility index (Phi) is 7.85. The number of sulfone groups is 1. The smallest absolute Gasteiger partial charge is 0.410 e. The molecule has 3 atom stereocenters. The minimum Gasteiger partial charge on any atom is -0.444 e. The van der Waals surface area contributed by atoms with Gasteiger partial charge in [-0.15, -0.1) is 0 Å². The second kappa shape index (κ2) is 10.6. The summed E-state index contributed by atoms with van der Waals surface area (Å²) in [6.07, 6.45) is -0.733. The molecule has 0 aromatic heterocycles.